The number of urea groups is 1. The first-order valence-corrected chi connectivity index (χ1v) is 34.1. The van der Waals surface area contributed by atoms with Crippen LogP contribution in [-0.4, -0.2) is 225 Å². The zero-order valence-electron chi connectivity index (χ0n) is 57.8. The summed E-state index contributed by atoms with van der Waals surface area (Å²) in [5, 5.41) is 38.5. The monoisotopic (exact) mass is 1400 g/mol. The number of pyridine rings is 2. The van der Waals surface area contributed by atoms with E-state index >= 15 is 4.39 Å². The number of cyclic esters (lactones) is 1. The number of anilines is 1. The number of ether oxygens (including phenoxy) is 6. The SMILES string of the molecule is CC[C@@]1(O)C(=O)OCc2c1cc1n(c2=O)Cc2c-1nc1cc(F)c(C)c3c1c2[C@@H](NC(=O)OCc1ccc(NC(=O)[C@H](CCCNC(N)=O)NC(=O)[C@@H](NC(=O)CN2CCN(CC(=O)O)CCN(CC(=O)NCCOCCOCCOCCOCCC(=O)C(C)C)CC2)C(C)C)cc1)CC3. The van der Waals surface area contributed by atoms with Gasteiger partial charge in [0.25, 0.3) is 5.56 Å². The van der Waals surface area contributed by atoms with Gasteiger partial charge in [0.2, 0.25) is 23.6 Å². The zero-order chi connectivity index (χ0) is 72.2. The number of alkyl carbamates (subject to hydrolysis) is 1. The second kappa shape index (κ2) is 36.7. The number of Topliss-reactive ketones (excluding diaryl/α,β-unsaturated/α-hetero) is 1. The molecule has 30 nitrogen and oxygen atoms in total. The Bertz CT molecular complexity index is 3670. The number of nitrogens with two attached hydrogens (primary N) is 1. The van der Waals surface area contributed by atoms with E-state index in [4.69, 9.17) is 39.1 Å². The summed E-state index contributed by atoms with van der Waals surface area (Å²) in [4.78, 5) is 141. The molecule has 2 aromatic heterocycles. The minimum Gasteiger partial charge on any atom is -0.480 e. The summed E-state index contributed by atoms with van der Waals surface area (Å²) in [6, 6.07) is 5.58. The van der Waals surface area contributed by atoms with E-state index in [-0.39, 0.29) is 107 Å². The molecule has 100 heavy (non-hydrogen) atoms. The van der Waals surface area contributed by atoms with Crippen molar-refractivity contribution in [1.29, 1.82) is 0 Å². The molecule has 0 spiro atoms. The molecule has 0 unspecified atom stereocenters. The third-order valence-electron chi connectivity index (χ3n) is 18.2. The predicted molar refractivity (Wildman–Crippen MR) is 362 cm³/mol. The number of hydrogen-bond acceptors (Lipinski definition) is 21. The van der Waals surface area contributed by atoms with Crippen molar-refractivity contribution in [2.75, 3.05) is 130 Å². The number of ketones is 1. The lowest BCUT2D eigenvalue weighted by atomic mass is 9.81. The van der Waals surface area contributed by atoms with Gasteiger partial charge in [0.05, 0.1) is 108 Å². The van der Waals surface area contributed by atoms with Crippen molar-refractivity contribution >= 4 is 70.1 Å². The van der Waals surface area contributed by atoms with Crippen LogP contribution in [0.2, 0.25) is 0 Å². The van der Waals surface area contributed by atoms with Gasteiger partial charge in [-0.1, -0.05) is 46.8 Å². The Balaban J connectivity index is 0.817. The molecule has 0 saturated carbocycles. The quantitative estimate of drug-likeness (QED) is 0.0205. The second-order valence-corrected chi connectivity index (χ2v) is 26.0. The number of primary amides is 1. The van der Waals surface area contributed by atoms with E-state index in [1.807, 2.05) is 23.6 Å². The largest absolute Gasteiger partial charge is 0.480 e. The maximum Gasteiger partial charge on any atom is 0.407 e. The van der Waals surface area contributed by atoms with Gasteiger partial charge in [0.15, 0.2) is 5.60 Å². The highest BCUT2D eigenvalue weighted by Gasteiger charge is 2.46. The van der Waals surface area contributed by atoms with E-state index in [2.05, 4.69) is 31.9 Å². The van der Waals surface area contributed by atoms with Crippen LogP contribution in [-0.2, 0) is 93.8 Å². The first-order valence-electron chi connectivity index (χ1n) is 34.1. The number of aliphatic hydroxyl groups is 1. The Labute approximate surface area is 579 Å². The van der Waals surface area contributed by atoms with E-state index in [0.717, 1.165) is 5.56 Å². The molecule has 3 aliphatic heterocycles. The number of aryl methyl sites for hydroxylation is 1. The molecule has 31 heteroatoms. The van der Waals surface area contributed by atoms with Crippen molar-refractivity contribution < 1.29 is 86.2 Å². The lowest BCUT2D eigenvalue weighted by Gasteiger charge is -2.31. The number of carboxylic acid groups (broad SMARTS) is 1. The standard InChI is InChI=1S/C69H95FN12O18/c1-7-69(94)49-33-54-62-47(35-82(54)65(90)48(49)40-99-66(69)91)60-51(15-14-46-43(6)50(70)34-53(75-62)59(46)60)77-68(93)100-39-44-10-12-45(13-11-44)74-63(88)52(9-8-17-73-67(71)92)76-64(89)61(42(4)5)78-57(85)37-80-20-19-79(21-23-81(24-22-80)38-58(86)87)36-56(84)72-18-26-96-28-30-98-32-31-97-29-27-95-25-16-55(83)41(2)3/h10-13,33-34,41-42,51-52,61,94H,7-9,14-32,35-40H2,1-6H3,(H,72,84)(H,74,88)(H,76,89)(H,77,93)(H,78,85)(H,86,87)(H3,71,73,92)/t51-,52-,61-,69-/m0/s1. The maximum absolute atomic E-state index is 15.5. The Hall–Kier alpha value is -8.56. The third-order valence-corrected chi connectivity index (χ3v) is 18.2. The molecule has 7 amide bonds. The highest BCUT2D eigenvalue weighted by molar-refractivity contribution is 5.99. The highest BCUT2D eigenvalue weighted by atomic mass is 19.1. The van der Waals surface area contributed by atoms with Gasteiger partial charge < -0.3 is 80.8 Å². The van der Waals surface area contributed by atoms with Gasteiger partial charge >= 0.3 is 24.1 Å². The molecule has 1 fully saturated rings. The fraction of sp³-hybridized carbons (Fsp3) is 0.580. The van der Waals surface area contributed by atoms with Crippen LogP contribution in [0, 0.1) is 24.6 Å². The summed E-state index contributed by atoms with van der Waals surface area (Å²) in [6.07, 6.45) is 0.559. The number of carbonyl (C=O) groups excluding carboxylic acids is 8. The Morgan fingerprint density at radius 1 is 0.770 bits per heavy atom. The molecule has 2 aromatic carbocycles. The molecule has 1 aliphatic carbocycles. The topological polar surface area (TPSA) is 392 Å². The number of aliphatic carboxylic acids is 1. The van der Waals surface area contributed by atoms with E-state index in [0.29, 0.717) is 155 Å². The van der Waals surface area contributed by atoms with Crippen LogP contribution in [0.1, 0.15) is 112 Å². The van der Waals surface area contributed by atoms with Crippen molar-refractivity contribution in [3.05, 3.63) is 91.5 Å². The molecule has 4 atom stereocenters. The molecule has 546 valence electrons. The van der Waals surface area contributed by atoms with Crippen molar-refractivity contribution in [3.63, 3.8) is 0 Å². The summed E-state index contributed by atoms with van der Waals surface area (Å²) in [6.45, 7) is 14.6. The van der Waals surface area contributed by atoms with Crippen molar-refractivity contribution in [3.8, 4) is 11.4 Å². The number of benzene rings is 2. The van der Waals surface area contributed by atoms with Gasteiger partial charge in [-0.3, -0.25) is 48.3 Å². The van der Waals surface area contributed by atoms with Crippen molar-refractivity contribution in [2.45, 2.75) is 124 Å². The number of rotatable bonds is 36. The molecule has 8 rings (SSSR count). The number of halogens is 1. The molecule has 4 aliphatic rings. The van der Waals surface area contributed by atoms with E-state index < -0.39 is 82.8 Å². The molecule has 0 bridgehead atoms. The van der Waals surface area contributed by atoms with Gasteiger partial charge in [-0.25, -0.2) is 23.8 Å². The summed E-state index contributed by atoms with van der Waals surface area (Å²) in [5.41, 5.74) is 7.30. The van der Waals surface area contributed by atoms with Crippen LogP contribution in [0.15, 0.2) is 41.2 Å². The lowest BCUT2D eigenvalue weighted by molar-refractivity contribution is -0.172. The average Bonchev–Trinajstić information content (AvgIpc) is 1.49. The first kappa shape index (κ1) is 77.2. The summed E-state index contributed by atoms with van der Waals surface area (Å²) in [7, 11) is 0. The molecule has 5 heterocycles. The number of nitrogens with zero attached hydrogens (tertiary/aromatic N) is 5. The van der Waals surface area contributed by atoms with Crippen molar-refractivity contribution in [1.82, 2.24) is 50.8 Å². The number of nitrogens with one attached hydrogen (secondary N) is 6. The van der Waals surface area contributed by atoms with Crippen LogP contribution in [0.25, 0.3) is 22.3 Å². The van der Waals surface area contributed by atoms with E-state index in [1.54, 1.807) is 62.9 Å². The fourth-order valence-electron chi connectivity index (χ4n) is 12.5. The third kappa shape index (κ3) is 20.8. The minimum absolute atomic E-state index is 0.00214. The summed E-state index contributed by atoms with van der Waals surface area (Å²) >= 11 is 0. The van der Waals surface area contributed by atoms with Crippen LogP contribution in [0.3, 0.4) is 0 Å². The Morgan fingerprint density at radius 3 is 2.00 bits per heavy atom. The van der Waals surface area contributed by atoms with E-state index in [9.17, 15) is 58.2 Å². The number of hydrogen-bond donors (Lipinski definition) is 9. The summed E-state index contributed by atoms with van der Waals surface area (Å²) < 4.78 is 50.0. The fourth-order valence-corrected chi connectivity index (χ4v) is 12.5. The smallest absolute Gasteiger partial charge is 0.407 e. The molecule has 0 radical (unpaired) electrons. The van der Waals surface area contributed by atoms with Crippen LogP contribution in [0.4, 0.5) is 19.7 Å². The average molecular weight is 1400 g/mol. The van der Waals surface area contributed by atoms with Crippen LogP contribution < -0.4 is 43.2 Å². The number of esters is 1. The van der Waals surface area contributed by atoms with Crippen LogP contribution >= 0.6 is 0 Å². The zero-order valence-corrected chi connectivity index (χ0v) is 57.8. The normalized spacial score (nSPS) is 17.5. The summed E-state index contributed by atoms with van der Waals surface area (Å²) in [5.74, 6) is -4.74. The number of carbonyl (C=O) groups is 9. The first-order chi connectivity index (χ1) is 47.8. The van der Waals surface area contributed by atoms with Crippen LogP contribution in [0.5, 0.6) is 0 Å². The molecule has 10 N–H and O–H groups in total. The predicted octanol–water partition coefficient (Wildman–Crippen LogP) is 2.26. The van der Waals surface area contributed by atoms with Gasteiger partial charge in [-0.05, 0) is 85.4 Å². The van der Waals surface area contributed by atoms with Crippen molar-refractivity contribution in [2.24, 2.45) is 17.6 Å². The van der Waals surface area contributed by atoms with Gasteiger partial charge in [-0.15, -0.1) is 0 Å². The van der Waals surface area contributed by atoms with Gasteiger partial charge in [0, 0.05) is 93.0 Å². The molecule has 1 saturated heterocycles. The molecule has 4 aromatic rings. The minimum atomic E-state index is -2.06. The number of amides is 7. The molecular formula is C69H95FN12O18. The number of aromatic nitrogens is 2. The maximum atomic E-state index is 15.5. The van der Waals surface area contributed by atoms with E-state index in [1.165, 1.54) is 10.6 Å². The molecular weight excluding hydrogens is 1300 g/mol. The lowest BCUT2D eigenvalue weighted by Crippen LogP contribution is -2.56. The second-order valence-electron chi connectivity index (χ2n) is 26.0. The highest BCUT2D eigenvalue weighted by Crippen LogP contribution is 2.46. The Morgan fingerprint density at radius 2 is 1.39 bits per heavy atom. The number of fused-ring (bicyclic) bond motifs is 5. The van der Waals surface area contributed by atoms with Gasteiger partial charge in [0.1, 0.15) is 36.9 Å². The Kier molecular flexibility index (Phi) is 28.3. The van der Waals surface area contributed by atoms with Gasteiger partial charge in [-0.2, -0.15) is 0 Å². The number of carboxylic acids is 1.